The Morgan fingerprint density at radius 3 is 2.62 bits per heavy atom. The summed E-state index contributed by atoms with van der Waals surface area (Å²) in [4.78, 5) is 12.0. The van der Waals surface area contributed by atoms with Gasteiger partial charge < -0.3 is 9.84 Å². The molecule has 1 rings (SSSR count). The minimum Gasteiger partial charge on any atom is -0.465 e. The number of thioether (sulfide) groups is 1. The fourth-order valence-corrected chi connectivity index (χ4v) is 3.24. The summed E-state index contributed by atoms with van der Waals surface area (Å²) in [7, 11) is 0. The molecule has 1 aliphatic heterocycles. The topological polar surface area (TPSA) is 46.5 Å². The molecule has 0 saturated carbocycles. The van der Waals surface area contributed by atoms with E-state index in [4.69, 9.17) is 4.74 Å². The highest BCUT2D eigenvalue weighted by atomic mass is 32.2. The molecule has 2 atom stereocenters. The summed E-state index contributed by atoms with van der Waals surface area (Å²) in [6.45, 7) is 7.90. The summed E-state index contributed by atoms with van der Waals surface area (Å²) in [5, 5.41) is 9.88. The van der Waals surface area contributed by atoms with Crippen LogP contribution in [-0.2, 0) is 9.53 Å². The van der Waals surface area contributed by atoms with Crippen molar-refractivity contribution >= 4 is 17.7 Å². The van der Waals surface area contributed by atoms with E-state index in [2.05, 4.69) is 6.92 Å². The Morgan fingerprint density at radius 1 is 1.56 bits per heavy atom. The summed E-state index contributed by atoms with van der Waals surface area (Å²) in [5.74, 6) is 0.497. The highest BCUT2D eigenvalue weighted by molar-refractivity contribution is 8.01. The van der Waals surface area contributed by atoms with Gasteiger partial charge in [0.15, 0.2) is 0 Å². The molecule has 16 heavy (non-hydrogen) atoms. The fraction of sp³-hybridized carbons (Fsp3) is 0.750. The minimum atomic E-state index is -0.806. The summed E-state index contributed by atoms with van der Waals surface area (Å²) in [6.07, 6.45) is -0.111. The van der Waals surface area contributed by atoms with E-state index in [1.54, 1.807) is 13.8 Å². The van der Waals surface area contributed by atoms with E-state index in [0.29, 0.717) is 13.0 Å². The largest absolute Gasteiger partial charge is 0.465 e. The zero-order chi connectivity index (χ0) is 12.3. The second kappa shape index (κ2) is 5.23. The molecule has 0 spiro atoms. The van der Waals surface area contributed by atoms with Gasteiger partial charge in [-0.15, -0.1) is 11.8 Å². The van der Waals surface area contributed by atoms with E-state index >= 15 is 0 Å². The average molecular weight is 244 g/mol. The SMILES string of the molecule is CCOC(=O)[C@]1([C@@H](C)O)CC(C)=C(C)CS1. The first-order valence-electron chi connectivity index (χ1n) is 5.58. The van der Waals surface area contributed by atoms with Crippen LogP contribution in [0.3, 0.4) is 0 Å². The number of ether oxygens (including phenoxy) is 1. The third kappa shape index (κ3) is 2.43. The quantitative estimate of drug-likeness (QED) is 0.610. The van der Waals surface area contributed by atoms with Crippen molar-refractivity contribution < 1.29 is 14.6 Å². The second-order valence-electron chi connectivity index (χ2n) is 4.31. The summed E-state index contributed by atoms with van der Waals surface area (Å²) < 4.78 is 4.28. The molecule has 1 heterocycles. The van der Waals surface area contributed by atoms with E-state index in [-0.39, 0.29) is 5.97 Å². The van der Waals surface area contributed by atoms with Crippen molar-refractivity contribution in [3.05, 3.63) is 11.1 Å². The zero-order valence-corrected chi connectivity index (χ0v) is 11.2. The van der Waals surface area contributed by atoms with Crippen molar-refractivity contribution in [3.8, 4) is 0 Å². The van der Waals surface area contributed by atoms with E-state index in [9.17, 15) is 9.90 Å². The van der Waals surface area contributed by atoms with Crippen LogP contribution in [0.5, 0.6) is 0 Å². The smallest absolute Gasteiger partial charge is 0.325 e. The molecule has 0 amide bonds. The molecule has 3 nitrogen and oxygen atoms in total. The number of carbonyl (C=O) groups excluding carboxylic acids is 1. The van der Waals surface area contributed by atoms with Crippen molar-refractivity contribution in [3.63, 3.8) is 0 Å². The Morgan fingerprint density at radius 2 is 2.19 bits per heavy atom. The van der Waals surface area contributed by atoms with Crippen LogP contribution in [0.15, 0.2) is 11.1 Å². The van der Waals surface area contributed by atoms with Gasteiger partial charge in [-0.05, 0) is 34.1 Å². The van der Waals surface area contributed by atoms with Crippen LogP contribution in [0, 0.1) is 0 Å². The maximum Gasteiger partial charge on any atom is 0.325 e. The number of hydrogen-bond acceptors (Lipinski definition) is 4. The molecule has 0 fully saturated rings. The lowest BCUT2D eigenvalue weighted by Crippen LogP contribution is -2.48. The van der Waals surface area contributed by atoms with Crippen LogP contribution >= 0.6 is 11.8 Å². The molecule has 4 heteroatoms. The van der Waals surface area contributed by atoms with Crippen LogP contribution in [0.2, 0.25) is 0 Å². The Hall–Kier alpha value is -0.480. The molecule has 0 saturated heterocycles. The van der Waals surface area contributed by atoms with Gasteiger partial charge in [0.2, 0.25) is 0 Å². The first-order valence-corrected chi connectivity index (χ1v) is 6.57. The van der Waals surface area contributed by atoms with Gasteiger partial charge in [-0.1, -0.05) is 11.1 Å². The number of hydrogen-bond donors (Lipinski definition) is 1. The third-order valence-corrected chi connectivity index (χ3v) is 4.84. The first kappa shape index (κ1) is 13.6. The standard InChI is InChI=1S/C12H20O3S/c1-5-15-11(14)12(10(4)13)6-8(2)9(3)7-16-12/h10,13H,5-7H2,1-4H3/t10-,12-/m1/s1. The van der Waals surface area contributed by atoms with Gasteiger partial charge in [0.05, 0.1) is 12.7 Å². The van der Waals surface area contributed by atoms with E-state index in [0.717, 1.165) is 5.75 Å². The van der Waals surface area contributed by atoms with Gasteiger partial charge in [-0.2, -0.15) is 0 Å². The van der Waals surface area contributed by atoms with Crippen LogP contribution in [-0.4, -0.2) is 34.3 Å². The second-order valence-corrected chi connectivity index (χ2v) is 5.62. The Labute approximate surface area is 101 Å². The molecular formula is C12H20O3S. The molecule has 0 radical (unpaired) electrons. The van der Waals surface area contributed by atoms with Gasteiger partial charge in [-0.25, -0.2) is 0 Å². The van der Waals surface area contributed by atoms with Crippen LogP contribution in [0.1, 0.15) is 34.1 Å². The predicted octanol–water partition coefficient (Wildman–Crippen LogP) is 2.14. The molecule has 0 unspecified atom stereocenters. The van der Waals surface area contributed by atoms with Crippen molar-refractivity contribution in [1.29, 1.82) is 0 Å². The number of rotatable bonds is 3. The van der Waals surface area contributed by atoms with Gasteiger partial charge in [0.1, 0.15) is 4.75 Å². The van der Waals surface area contributed by atoms with Gasteiger partial charge in [0, 0.05) is 5.75 Å². The van der Waals surface area contributed by atoms with Gasteiger partial charge >= 0.3 is 5.97 Å². The van der Waals surface area contributed by atoms with Gasteiger partial charge in [0.25, 0.3) is 0 Å². The zero-order valence-electron chi connectivity index (χ0n) is 10.4. The molecule has 1 N–H and O–H groups in total. The Balaban J connectivity index is 2.97. The van der Waals surface area contributed by atoms with Crippen molar-refractivity contribution in [1.82, 2.24) is 0 Å². The summed E-state index contributed by atoms with van der Waals surface area (Å²) in [5.41, 5.74) is 2.48. The molecule has 0 aliphatic carbocycles. The van der Waals surface area contributed by atoms with Crippen LogP contribution in [0.4, 0.5) is 0 Å². The normalized spacial score (nSPS) is 27.8. The van der Waals surface area contributed by atoms with E-state index < -0.39 is 10.9 Å². The molecular weight excluding hydrogens is 224 g/mol. The maximum absolute atomic E-state index is 12.0. The van der Waals surface area contributed by atoms with Crippen molar-refractivity contribution in [2.24, 2.45) is 0 Å². The fourth-order valence-electron chi connectivity index (χ4n) is 1.78. The molecule has 0 aromatic rings. The van der Waals surface area contributed by atoms with Crippen molar-refractivity contribution in [2.45, 2.75) is 45.0 Å². The number of allylic oxidation sites excluding steroid dienone is 1. The monoisotopic (exact) mass is 244 g/mol. The summed E-state index contributed by atoms with van der Waals surface area (Å²) in [6, 6.07) is 0. The lowest BCUT2D eigenvalue weighted by molar-refractivity contribution is -0.149. The Bertz CT molecular complexity index is 309. The third-order valence-electron chi connectivity index (χ3n) is 3.10. The summed E-state index contributed by atoms with van der Waals surface area (Å²) >= 11 is 1.50. The Kier molecular flexibility index (Phi) is 4.44. The number of aliphatic hydroxyl groups excluding tert-OH is 1. The number of carbonyl (C=O) groups is 1. The number of aliphatic hydroxyl groups is 1. The lowest BCUT2D eigenvalue weighted by Gasteiger charge is -2.37. The first-order chi connectivity index (χ1) is 7.44. The highest BCUT2D eigenvalue weighted by Crippen LogP contribution is 2.42. The molecule has 0 aromatic heterocycles. The average Bonchev–Trinajstić information content (AvgIpc) is 2.22. The van der Waals surface area contributed by atoms with Crippen LogP contribution in [0.25, 0.3) is 0 Å². The van der Waals surface area contributed by atoms with E-state index in [1.807, 2.05) is 6.92 Å². The molecule has 0 aromatic carbocycles. The van der Waals surface area contributed by atoms with E-state index in [1.165, 1.54) is 22.9 Å². The number of esters is 1. The molecule has 92 valence electrons. The minimum absolute atomic E-state index is 0.290. The predicted molar refractivity (Wildman–Crippen MR) is 66.5 cm³/mol. The maximum atomic E-state index is 12.0. The lowest BCUT2D eigenvalue weighted by atomic mass is 9.91. The highest BCUT2D eigenvalue weighted by Gasteiger charge is 2.47. The van der Waals surface area contributed by atoms with Crippen LogP contribution < -0.4 is 0 Å². The van der Waals surface area contributed by atoms with Crippen molar-refractivity contribution in [2.75, 3.05) is 12.4 Å². The van der Waals surface area contributed by atoms with Gasteiger partial charge in [-0.3, -0.25) is 4.79 Å². The molecule has 0 bridgehead atoms. The molecule has 1 aliphatic rings.